The fourth-order valence-electron chi connectivity index (χ4n) is 4.36. The number of methoxy groups -OCH3 is 1. The molecule has 0 amide bonds. The van der Waals surface area contributed by atoms with Crippen molar-refractivity contribution in [3.63, 3.8) is 0 Å². The maximum atomic E-state index is 12.4. The number of nitrogens with one attached hydrogen (secondary N) is 1. The first-order chi connectivity index (χ1) is 12.1. The molecular formula is C19H27NO6. The number of ketones is 2. The number of Topliss-reactive ketones (excluding diaryl/α,β-unsaturated/α-hetero) is 2. The molecule has 0 unspecified atom stereocenters. The van der Waals surface area contributed by atoms with E-state index >= 15 is 0 Å². The molecule has 0 aromatic heterocycles. The van der Waals surface area contributed by atoms with Crippen molar-refractivity contribution in [2.75, 3.05) is 7.11 Å². The van der Waals surface area contributed by atoms with Crippen molar-refractivity contribution < 1.29 is 28.5 Å². The van der Waals surface area contributed by atoms with Crippen LogP contribution in [0.25, 0.3) is 0 Å². The summed E-state index contributed by atoms with van der Waals surface area (Å²) < 4.78 is 23.6. The predicted octanol–water partition coefficient (Wildman–Crippen LogP) is 1.82. The highest BCUT2D eigenvalue weighted by atomic mass is 16.8. The molecule has 26 heavy (non-hydrogen) atoms. The van der Waals surface area contributed by atoms with Gasteiger partial charge in [0.2, 0.25) is 0 Å². The lowest BCUT2D eigenvalue weighted by molar-refractivity contribution is -0.220. The van der Waals surface area contributed by atoms with Crippen molar-refractivity contribution >= 4 is 11.6 Å². The summed E-state index contributed by atoms with van der Waals surface area (Å²) in [6.07, 6.45) is -2.04. The summed E-state index contributed by atoms with van der Waals surface area (Å²) in [5.74, 6) is -1.51. The zero-order valence-corrected chi connectivity index (χ0v) is 16.3. The molecular weight excluding hydrogens is 338 g/mol. The molecule has 144 valence electrons. The van der Waals surface area contributed by atoms with E-state index in [0.717, 1.165) is 11.4 Å². The van der Waals surface area contributed by atoms with E-state index in [-0.39, 0.29) is 11.6 Å². The van der Waals surface area contributed by atoms with E-state index in [4.69, 9.17) is 18.9 Å². The number of carbonyl (C=O) groups is 2. The van der Waals surface area contributed by atoms with Gasteiger partial charge in [-0.05, 0) is 41.5 Å². The smallest absolute Gasteiger partial charge is 0.190 e. The van der Waals surface area contributed by atoms with Crippen LogP contribution in [0.15, 0.2) is 22.5 Å². The van der Waals surface area contributed by atoms with Crippen LogP contribution in [0.2, 0.25) is 0 Å². The third-order valence-corrected chi connectivity index (χ3v) is 5.19. The van der Waals surface area contributed by atoms with Crippen molar-refractivity contribution in [1.82, 2.24) is 5.32 Å². The van der Waals surface area contributed by atoms with E-state index in [0.29, 0.717) is 11.1 Å². The molecule has 3 rings (SSSR count). The fourth-order valence-corrected chi connectivity index (χ4v) is 4.36. The lowest BCUT2D eigenvalue weighted by Gasteiger charge is -2.36. The highest BCUT2D eigenvalue weighted by Gasteiger charge is 2.58. The Bertz CT molecular complexity index is 671. The number of fused-ring (bicyclic) bond motifs is 1. The first kappa shape index (κ1) is 19.2. The van der Waals surface area contributed by atoms with Crippen molar-refractivity contribution in [3.8, 4) is 0 Å². The van der Waals surface area contributed by atoms with Crippen LogP contribution in [0.1, 0.15) is 41.5 Å². The summed E-state index contributed by atoms with van der Waals surface area (Å²) in [5, 5.41) is 3.15. The second kappa shape index (κ2) is 6.56. The van der Waals surface area contributed by atoms with Gasteiger partial charge in [0, 0.05) is 35.6 Å². The second-order valence-electron chi connectivity index (χ2n) is 7.56. The van der Waals surface area contributed by atoms with Crippen LogP contribution < -0.4 is 5.32 Å². The Morgan fingerprint density at radius 1 is 1.00 bits per heavy atom. The van der Waals surface area contributed by atoms with Crippen LogP contribution in [0.3, 0.4) is 0 Å². The van der Waals surface area contributed by atoms with Gasteiger partial charge in [-0.25, -0.2) is 0 Å². The summed E-state index contributed by atoms with van der Waals surface area (Å²) in [7, 11) is 1.58. The molecule has 0 saturated carbocycles. The standard InChI is InChI=1S/C19H27NO6/c1-8-12(10(3)21)14(13(11(4)22)9(2)20-8)15-16(23-7)17-18(24-15)26-19(5,6)25-17/h14-18,20H,1-7H3/t15-,16+,17-,18-/m0/s1. The highest BCUT2D eigenvalue weighted by Crippen LogP contribution is 2.45. The third kappa shape index (κ3) is 3.03. The summed E-state index contributed by atoms with van der Waals surface area (Å²) in [6.45, 7) is 10.3. The molecule has 7 nitrogen and oxygen atoms in total. The van der Waals surface area contributed by atoms with E-state index in [1.54, 1.807) is 7.11 Å². The van der Waals surface area contributed by atoms with Gasteiger partial charge in [-0.15, -0.1) is 0 Å². The van der Waals surface area contributed by atoms with Gasteiger partial charge in [0.25, 0.3) is 0 Å². The maximum absolute atomic E-state index is 12.4. The van der Waals surface area contributed by atoms with Crippen molar-refractivity contribution in [2.45, 2.75) is 71.9 Å². The van der Waals surface area contributed by atoms with E-state index in [1.807, 2.05) is 27.7 Å². The summed E-state index contributed by atoms with van der Waals surface area (Å²) in [5.41, 5.74) is 2.52. The topological polar surface area (TPSA) is 83.1 Å². The first-order valence-electron chi connectivity index (χ1n) is 8.81. The molecule has 0 bridgehead atoms. The summed E-state index contributed by atoms with van der Waals surface area (Å²) in [4.78, 5) is 24.8. The van der Waals surface area contributed by atoms with Gasteiger partial charge >= 0.3 is 0 Å². The maximum Gasteiger partial charge on any atom is 0.190 e. The van der Waals surface area contributed by atoms with Crippen LogP contribution in [0.4, 0.5) is 0 Å². The molecule has 0 radical (unpaired) electrons. The SMILES string of the molecule is CO[C@H]1[C@@H]2OC(C)(C)O[C@@H]2O[C@H]1C1C(C(C)=O)=C(C)NC(C)=C1C(C)=O. The van der Waals surface area contributed by atoms with Crippen LogP contribution in [0, 0.1) is 5.92 Å². The minimum atomic E-state index is -0.768. The summed E-state index contributed by atoms with van der Waals surface area (Å²) >= 11 is 0. The molecule has 0 aliphatic carbocycles. The zero-order valence-electron chi connectivity index (χ0n) is 16.3. The Hall–Kier alpha value is -1.54. The Kier molecular flexibility index (Phi) is 4.85. The average molecular weight is 365 g/mol. The van der Waals surface area contributed by atoms with Gasteiger partial charge < -0.3 is 24.3 Å². The lowest BCUT2D eigenvalue weighted by Crippen LogP contribution is -2.45. The van der Waals surface area contributed by atoms with Gasteiger partial charge in [0.15, 0.2) is 23.6 Å². The number of hydrogen-bond donors (Lipinski definition) is 1. The monoisotopic (exact) mass is 365 g/mol. The fraction of sp³-hybridized carbons (Fsp3) is 0.684. The van der Waals surface area contributed by atoms with Gasteiger partial charge in [0.05, 0.1) is 0 Å². The molecule has 1 N–H and O–H groups in total. The minimum Gasteiger partial charge on any atom is -0.376 e. The van der Waals surface area contributed by atoms with E-state index in [2.05, 4.69) is 5.32 Å². The minimum absolute atomic E-state index is 0.107. The first-order valence-corrected chi connectivity index (χ1v) is 8.81. The van der Waals surface area contributed by atoms with Crippen molar-refractivity contribution in [2.24, 2.45) is 5.92 Å². The van der Waals surface area contributed by atoms with Gasteiger partial charge in [0.1, 0.15) is 18.3 Å². The predicted molar refractivity (Wildman–Crippen MR) is 92.9 cm³/mol. The molecule has 0 aromatic rings. The van der Waals surface area contributed by atoms with Crippen LogP contribution in [-0.2, 0) is 28.5 Å². The van der Waals surface area contributed by atoms with E-state index in [1.165, 1.54) is 13.8 Å². The Labute approximate surface area is 153 Å². The van der Waals surface area contributed by atoms with Crippen molar-refractivity contribution in [1.29, 1.82) is 0 Å². The second-order valence-corrected chi connectivity index (χ2v) is 7.56. The number of hydrogen-bond acceptors (Lipinski definition) is 7. The molecule has 0 aromatic carbocycles. The average Bonchev–Trinajstić information content (AvgIpc) is 2.96. The number of rotatable bonds is 4. The van der Waals surface area contributed by atoms with E-state index in [9.17, 15) is 9.59 Å². The quantitative estimate of drug-likeness (QED) is 0.814. The molecule has 3 aliphatic rings. The number of carbonyl (C=O) groups excluding carboxylic acids is 2. The molecule has 3 aliphatic heterocycles. The van der Waals surface area contributed by atoms with Crippen LogP contribution in [0.5, 0.6) is 0 Å². The molecule has 3 heterocycles. The Morgan fingerprint density at radius 2 is 1.54 bits per heavy atom. The van der Waals surface area contributed by atoms with Gasteiger partial charge in [-0.2, -0.15) is 0 Å². The number of ether oxygens (including phenoxy) is 4. The third-order valence-electron chi connectivity index (χ3n) is 5.19. The van der Waals surface area contributed by atoms with Gasteiger partial charge in [-0.3, -0.25) is 9.59 Å². The van der Waals surface area contributed by atoms with Crippen LogP contribution in [-0.4, -0.2) is 49.1 Å². The van der Waals surface area contributed by atoms with Gasteiger partial charge in [-0.1, -0.05) is 0 Å². The molecule has 7 heteroatoms. The normalized spacial score (nSPS) is 34.1. The Morgan fingerprint density at radius 3 is 2.00 bits per heavy atom. The number of allylic oxidation sites excluding steroid dienone is 2. The van der Waals surface area contributed by atoms with E-state index < -0.39 is 36.3 Å². The molecule has 0 spiro atoms. The van der Waals surface area contributed by atoms with Crippen molar-refractivity contribution in [3.05, 3.63) is 22.5 Å². The molecule has 2 fully saturated rings. The lowest BCUT2D eigenvalue weighted by atomic mass is 9.77. The largest absolute Gasteiger partial charge is 0.376 e. The zero-order chi connectivity index (χ0) is 19.4. The number of dihydropyridines is 1. The Balaban J connectivity index is 2.05. The molecule has 4 atom stereocenters. The molecule has 2 saturated heterocycles. The van der Waals surface area contributed by atoms with Crippen LogP contribution >= 0.6 is 0 Å². The highest BCUT2D eigenvalue weighted by molar-refractivity contribution is 6.02. The summed E-state index contributed by atoms with van der Waals surface area (Å²) in [6, 6.07) is 0.